The zero-order chi connectivity index (χ0) is 13.8. The van der Waals surface area contributed by atoms with E-state index in [4.69, 9.17) is 10.00 Å². The molecule has 0 aliphatic rings. The molecule has 1 aromatic carbocycles. The fourth-order valence-electron chi connectivity index (χ4n) is 1.49. The number of nitriles is 1. The van der Waals surface area contributed by atoms with Crippen LogP contribution in [0.15, 0.2) is 30.6 Å². The summed E-state index contributed by atoms with van der Waals surface area (Å²) in [5.74, 6) is 0.178. The fraction of sp³-hybridized carbons (Fsp3) is 0.0833. The van der Waals surface area contributed by atoms with E-state index < -0.39 is 4.92 Å². The number of benzene rings is 1. The van der Waals surface area contributed by atoms with Gasteiger partial charge in [-0.25, -0.2) is 9.97 Å². The van der Waals surface area contributed by atoms with Crippen LogP contribution in [0.3, 0.4) is 0 Å². The normalized spacial score (nSPS) is 9.68. The van der Waals surface area contributed by atoms with Gasteiger partial charge in [0.15, 0.2) is 5.69 Å². The minimum atomic E-state index is -0.512. The summed E-state index contributed by atoms with van der Waals surface area (Å²) in [7, 11) is 0. The SMILES string of the molecule is Cc1cccc(Oc2cnc(C#N)cn2)c1[N+](=O)[O-]. The van der Waals surface area contributed by atoms with Crippen molar-refractivity contribution in [3.8, 4) is 17.7 Å². The Labute approximate surface area is 108 Å². The Kier molecular flexibility index (Phi) is 3.34. The highest BCUT2D eigenvalue weighted by Crippen LogP contribution is 2.32. The van der Waals surface area contributed by atoms with Crippen LogP contribution in [-0.4, -0.2) is 14.9 Å². The third-order valence-electron chi connectivity index (χ3n) is 2.34. The van der Waals surface area contributed by atoms with Crippen LogP contribution in [0.1, 0.15) is 11.3 Å². The lowest BCUT2D eigenvalue weighted by Gasteiger charge is -2.06. The van der Waals surface area contributed by atoms with Gasteiger partial charge < -0.3 is 4.74 Å². The Balaban J connectivity index is 2.35. The van der Waals surface area contributed by atoms with Crippen molar-refractivity contribution in [1.82, 2.24) is 9.97 Å². The first-order chi connectivity index (χ1) is 9.11. The van der Waals surface area contributed by atoms with Crippen LogP contribution >= 0.6 is 0 Å². The molecule has 0 atom stereocenters. The van der Waals surface area contributed by atoms with Crippen molar-refractivity contribution in [2.24, 2.45) is 0 Å². The van der Waals surface area contributed by atoms with Gasteiger partial charge in [-0.3, -0.25) is 10.1 Å². The number of rotatable bonds is 3. The highest BCUT2D eigenvalue weighted by atomic mass is 16.6. The predicted molar refractivity (Wildman–Crippen MR) is 64.7 cm³/mol. The lowest BCUT2D eigenvalue weighted by molar-refractivity contribution is -0.386. The molecule has 0 spiro atoms. The van der Waals surface area contributed by atoms with E-state index in [1.165, 1.54) is 18.5 Å². The third-order valence-corrected chi connectivity index (χ3v) is 2.34. The zero-order valence-corrected chi connectivity index (χ0v) is 9.90. The fourth-order valence-corrected chi connectivity index (χ4v) is 1.49. The maximum absolute atomic E-state index is 11.0. The van der Waals surface area contributed by atoms with Gasteiger partial charge in [0.25, 0.3) is 0 Å². The molecule has 0 N–H and O–H groups in total. The van der Waals surface area contributed by atoms with Crippen LogP contribution < -0.4 is 4.74 Å². The van der Waals surface area contributed by atoms with Gasteiger partial charge in [-0.05, 0) is 13.0 Å². The van der Waals surface area contributed by atoms with E-state index in [2.05, 4.69) is 9.97 Å². The first kappa shape index (κ1) is 12.4. The molecule has 0 amide bonds. The van der Waals surface area contributed by atoms with Gasteiger partial charge in [0.2, 0.25) is 11.6 Å². The molecular formula is C12H8N4O3. The summed E-state index contributed by atoms with van der Waals surface area (Å²) in [6, 6.07) is 6.56. The van der Waals surface area contributed by atoms with Gasteiger partial charge >= 0.3 is 5.69 Å². The van der Waals surface area contributed by atoms with E-state index >= 15 is 0 Å². The molecule has 7 heteroatoms. The molecule has 0 radical (unpaired) electrons. The topological polar surface area (TPSA) is 102 Å². The van der Waals surface area contributed by atoms with Gasteiger partial charge in [0.1, 0.15) is 6.07 Å². The molecule has 0 fully saturated rings. The maximum atomic E-state index is 11.0. The second-order valence-electron chi connectivity index (χ2n) is 3.63. The standard InChI is InChI=1S/C12H8N4O3/c1-8-3-2-4-10(12(8)16(17)18)19-11-7-14-9(5-13)6-15-11/h2-4,6-7H,1H3. The highest BCUT2D eigenvalue weighted by molar-refractivity contribution is 5.53. The van der Waals surface area contributed by atoms with E-state index in [1.807, 2.05) is 6.07 Å². The molecule has 19 heavy (non-hydrogen) atoms. The molecule has 0 bridgehead atoms. The average molecular weight is 256 g/mol. The van der Waals surface area contributed by atoms with Crippen molar-refractivity contribution < 1.29 is 9.66 Å². The molecule has 7 nitrogen and oxygen atoms in total. The Bertz CT molecular complexity index is 662. The summed E-state index contributed by atoms with van der Waals surface area (Å²) in [5, 5.41) is 19.6. The first-order valence-electron chi connectivity index (χ1n) is 5.26. The van der Waals surface area contributed by atoms with Crippen LogP contribution in [0.2, 0.25) is 0 Å². The number of aromatic nitrogens is 2. The first-order valence-corrected chi connectivity index (χ1v) is 5.26. The van der Waals surface area contributed by atoms with E-state index in [0.717, 1.165) is 0 Å². The van der Waals surface area contributed by atoms with Crippen LogP contribution in [0.4, 0.5) is 5.69 Å². The lowest BCUT2D eigenvalue weighted by atomic mass is 10.2. The van der Waals surface area contributed by atoms with Crippen molar-refractivity contribution >= 4 is 5.69 Å². The van der Waals surface area contributed by atoms with E-state index in [9.17, 15) is 10.1 Å². The second kappa shape index (κ2) is 5.10. The van der Waals surface area contributed by atoms with Gasteiger partial charge in [-0.1, -0.05) is 12.1 Å². The van der Waals surface area contributed by atoms with Gasteiger partial charge in [0, 0.05) is 5.56 Å². The summed E-state index contributed by atoms with van der Waals surface area (Å²) in [6.45, 7) is 1.62. The minimum absolute atomic E-state index is 0.0870. The molecule has 0 aliphatic heterocycles. The van der Waals surface area contributed by atoms with Crippen LogP contribution in [0.5, 0.6) is 11.6 Å². The molecule has 2 aromatic rings. The van der Waals surface area contributed by atoms with Crippen molar-refractivity contribution in [2.75, 3.05) is 0 Å². The lowest BCUT2D eigenvalue weighted by Crippen LogP contribution is -1.97. The quantitative estimate of drug-likeness (QED) is 0.617. The number of nitro benzene ring substituents is 1. The summed E-state index contributed by atoms with van der Waals surface area (Å²) in [6.07, 6.45) is 2.47. The Morgan fingerprint density at radius 2 is 2.16 bits per heavy atom. The van der Waals surface area contributed by atoms with Crippen molar-refractivity contribution in [2.45, 2.75) is 6.92 Å². The molecule has 0 aliphatic carbocycles. The van der Waals surface area contributed by atoms with Crippen molar-refractivity contribution in [3.05, 3.63) is 52.0 Å². The molecule has 2 rings (SSSR count). The third kappa shape index (κ3) is 2.63. The smallest absolute Gasteiger partial charge is 0.314 e. The molecular weight excluding hydrogens is 248 g/mol. The van der Waals surface area contributed by atoms with Crippen molar-refractivity contribution in [1.29, 1.82) is 5.26 Å². The number of hydrogen-bond donors (Lipinski definition) is 0. The van der Waals surface area contributed by atoms with E-state index in [-0.39, 0.29) is 23.0 Å². The number of para-hydroxylation sites is 1. The summed E-state index contributed by atoms with van der Waals surface area (Å²) in [4.78, 5) is 18.1. The zero-order valence-electron chi connectivity index (χ0n) is 9.90. The highest BCUT2D eigenvalue weighted by Gasteiger charge is 2.19. The van der Waals surface area contributed by atoms with Crippen LogP contribution in [0, 0.1) is 28.4 Å². The summed E-state index contributed by atoms with van der Waals surface area (Å²) in [5.41, 5.74) is 0.517. The Morgan fingerprint density at radius 3 is 2.74 bits per heavy atom. The van der Waals surface area contributed by atoms with Gasteiger partial charge in [0.05, 0.1) is 17.3 Å². The molecule has 1 heterocycles. The minimum Gasteiger partial charge on any atom is -0.430 e. The second-order valence-corrected chi connectivity index (χ2v) is 3.63. The van der Waals surface area contributed by atoms with Crippen LogP contribution in [0.25, 0.3) is 0 Å². The molecule has 0 unspecified atom stereocenters. The monoisotopic (exact) mass is 256 g/mol. The van der Waals surface area contributed by atoms with E-state index in [0.29, 0.717) is 5.56 Å². The molecule has 94 valence electrons. The number of hydrogen-bond acceptors (Lipinski definition) is 6. The van der Waals surface area contributed by atoms with E-state index in [1.54, 1.807) is 19.1 Å². The van der Waals surface area contributed by atoms with Gasteiger partial charge in [-0.2, -0.15) is 5.26 Å². The Morgan fingerprint density at radius 1 is 1.37 bits per heavy atom. The van der Waals surface area contributed by atoms with Crippen LogP contribution in [-0.2, 0) is 0 Å². The molecule has 1 aromatic heterocycles. The largest absolute Gasteiger partial charge is 0.430 e. The summed E-state index contributed by atoms with van der Waals surface area (Å²) < 4.78 is 5.33. The number of nitro groups is 1. The Hall–Kier alpha value is -3.01. The van der Waals surface area contributed by atoms with Gasteiger partial charge in [-0.15, -0.1) is 0 Å². The molecule has 0 saturated heterocycles. The average Bonchev–Trinajstić information content (AvgIpc) is 2.39. The summed E-state index contributed by atoms with van der Waals surface area (Å²) >= 11 is 0. The molecule has 0 saturated carbocycles. The number of aryl methyl sites for hydroxylation is 1. The van der Waals surface area contributed by atoms with Crippen molar-refractivity contribution in [3.63, 3.8) is 0 Å². The number of nitrogens with zero attached hydrogens (tertiary/aromatic N) is 4. The maximum Gasteiger partial charge on any atom is 0.314 e. The predicted octanol–water partition coefficient (Wildman–Crippen LogP) is 2.36. The number of ether oxygens (including phenoxy) is 1.